The second-order valence-electron chi connectivity index (χ2n) is 2.98. The number of hydrogen-bond acceptors (Lipinski definition) is 3. The fraction of sp³-hybridized carbons (Fsp3) is 1.00. The first-order chi connectivity index (χ1) is 5.70. The van der Waals surface area contributed by atoms with E-state index in [1.54, 1.807) is 14.0 Å². The minimum absolute atomic E-state index is 0.273. The van der Waals surface area contributed by atoms with Gasteiger partial charge in [-0.2, -0.15) is 0 Å². The monoisotopic (exact) mass is 178 g/mol. The fourth-order valence-corrected chi connectivity index (χ4v) is 1.48. The van der Waals surface area contributed by atoms with Crippen LogP contribution >= 0.6 is 0 Å². The lowest BCUT2D eigenvalue weighted by Gasteiger charge is -2.16. The second-order valence-corrected chi connectivity index (χ2v) is 2.98. The van der Waals surface area contributed by atoms with Gasteiger partial charge >= 0.3 is 0 Å². The summed E-state index contributed by atoms with van der Waals surface area (Å²) in [7, 11) is 3.05. The molecule has 0 unspecified atom stereocenters. The van der Waals surface area contributed by atoms with Crippen LogP contribution in [-0.4, -0.2) is 45.3 Å². The molecule has 1 saturated heterocycles. The van der Waals surface area contributed by atoms with Crippen molar-refractivity contribution in [1.29, 1.82) is 0 Å². The SMILES string of the molecule is COC[C@H]1O[C@@H](C)[C@@H](F)[C@@H]1OC. The van der Waals surface area contributed by atoms with Crippen LogP contribution in [0.15, 0.2) is 0 Å². The molecular formula is C8H15FO3. The van der Waals surface area contributed by atoms with E-state index in [4.69, 9.17) is 14.2 Å². The van der Waals surface area contributed by atoms with E-state index < -0.39 is 18.4 Å². The summed E-state index contributed by atoms with van der Waals surface area (Å²) in [5.74, 6) is 0. The summed E-state index contributed by atoms with van der Waals surface area (Å²) in [6.07, 6.45) is -2.20. The first-order valence-electron chi connectivity index (χ1n) is 4.02. The molecule has 0 aliphatic carbocycles. The molecule has 0 radical (unpaired) electrons. The van der Waals surface area contributed by atoms with Crippen molar-refractivity contribution in [3.8, 4) is 0 Å². The molecule has 1 rings (SSSR count). The summed E-state index contributed by atoms with van der Waals surface area (Å²) >= 11 is 0. The largest absolute Gasteiger partial charge is 0.382 e. The average molecular weight is 178 g/mol. The van der Waals surface area contributed by atoms with Gasteiger partial charge in [0.15, 0.2) is 6.17 Å². The van der Waals surface area contributed by atoms with Crippen molar-refractivity contribution in [1.82, 2.24) is 0 Å². The molecule has 12 heavy (non-hydrogen) atoms. The van der Waals surface area contributed by atoms with E-state index in [0.29, 0.717) is 6.61 Å². The number of hydrogen-bond donors (Lipinski definition) is 0. The Morgan fingerprint density at radius 2 is 2.08 bits per heavy atom. The van der Waals surface area contributed by atoms with Gasteiger partial charge in [0.05, 0.1) is 12.7 Å². The van der Waals surface area contributed by atoms with E-state index in [2.05, 4.69) is 0 Å². The average Bonchev–Trinajstić information content (AvgIpc) is 2.29. The molecule has 0 aromatic heterocycles. The standard InChI is InChI=1S/C8H15FO3/c1-5-7(9)8(11-3)6(12-5)4-10-2/h5-8H,4H2,1-3H3/t5-,6+,7+,8+/m0/s1. The molecule has 0 spiro atoms. The lowest BCUT2D eigenvalue weighted by atomic mass is 10.1. The van der Waals surface area contributed by atoms with Crippen LogP contribution in [0.3, 0.4) is 0 Å². The third kappa shape index (κ3) is 1.76. The molecule has 72 valence electrons. The van der Waals surface area contributed by atoms with E-state index in [0.717, 1.165) is 0 Å². The Kier molecular flexibility index (Phi) is 3.43. The van der Waals surface area contributed by atoms with Crippen molar-refractivity contribution in [2.45, 2.75) is 31.4 Å². The predicted molar refractivity (Wildman–Crippen MR) is 41.9 cm³/mol. The molecule has 1 fully saturated rings. The predicted octanol–water partition coefficient (Wildman–Crippen LogP) is 0.773. The van der Waals surface area contributed by atoms with Crippen LogP contribution < -0.4 is 0 Å². The summed E-state index contributed by atoms with van der Waals surface area (Å²) in [5, 5.41) is 0. The van der Waals surface area contributed by atoms with Crippen LogP contribution in [-0.2, 0) is 14.2 Å². The van der Waals surface area contributed by atoms with Gasteiger partial charge in [0.2, 0.25) is 0 Å². The smallest absolute Gasteiger partial charge is 0.154 e. The van der Waals surface area contributed by atoms with Crippen LogP contribution in [0, 0.1) is 0 Å². The van der Waals surface area contributed by atoms with E-state index in [-0.39, 0.29) is 6.10 Å². The van der Waals surface area contributed by atoms with Gasteiger partial charge in [0.1, 0.15) is 12.2 Å². The summed E-state index contributed by atoms with van der Waals surface area (Å²) in [4.78, 5) is 0. The Hall–Kier alpha value is -0.190. The zero-order chi connectivity index (χ0) is 9.14. The first-order valence-corrected chi connectivity index (χ1v) is 4.02. The normalized spacial score (nSPS) is 42.0. The molecule has 4 heteroatoms. The van der Waals surface area contributed by atoms with Crippen LogP contribution in [0.4, 0.5) is 4.39 Å². The van der Waals surface area contributed by atoms with Crippen LogP contribution in [0.5, 0.6) is 0 Å². The molecular weight excluding hydrogens is 163 g/mol. The maximum atomic E-state index is 13.2. The van der Waals surface area contributed by atoms with Crippen LogP contribution in [0.25, 0.3) is 0 Å². The van der Waals surface area contributed by atoms with Gasteiger partial charge in [0, 0.05) is 14.2 Å². The lowest BCUT2D eigenvalue weighted by molar-refractivity contribution is -0.0416. The van der Waals surface area contributed by atoms with Gasteiger partial charge in [-0.1, -0.05) is 0 Å². The topological polar surface area (TPSA) is 27.7 Å². The van der Waals surface area contributed by atoms with E-state index >= 15 is 0 Å². The highest BCUT2D eigenvalue weighted by atomic mass is 19.1. The zero-order valence-electron chi connectivity index (χ0n) is 7.62. The van der Waals surface area contributed by atoms with Gasteiger partial charge in [0.25, 0.3) is 0 Å². The van der Waals surface area contributed by atoms with Crippen molar-refractivity contribution < 1.29 is 18.6 Å². The van der Waals surface area contributed by atoms with E-state index in [9.17, 15) is 4.39 Å². The second kappa shape index (κ2) is 4.16. The Bertz CT molecular complexity index is 142. The van der Waals surface area contributed by atoms with E-state index in [1.807, 2.05) is 0 Å². The van der Waals surface area contributed by atoms with Gasteiger partial charge in [-0.15, -0.1) is 0 Å². The van der Waals surface area contributed by atoms with Crippen molar-refractivity contribution in [3.05, 3.63) is 0 Å². The van der Waals surface area contributed by atoms with Crippen molar-refractivity contribution in [2.24, 2.45) is 0 Å². The summed E-state index contributed by atoms with van der Waals surface area (Å²) < 4.78 is 28.4. The van der Waals surface area contributed by atoms with Crippen LogP contribution in [0.2, 0.25) is 0 Å². The molecule has 1 aliphatic rings. The van der Waals surface area contributed by atoms with Gasteiger partial charge < -0.3 is 14.2 Å². The third-order valence-electron chi connectivity index (χ3n) is 2.12. The lowest BCUT2D eigenvalue weighted by Crippen LogP contribution is -2.33. The minimum Gasteiger partial charge on any atom is -0.382 e. The maximum absolute atomic E-state index is 13.2. The number of methoxy groups -OCH3 is 2. The first kappa shape index (κ1) is 9.89. The third-order valence-corrected chi connectivity index (χ3v) is 2.12. The van der Waals surface area contributed by atoms with Crippen molar-refractivity contribution in [2.75, 3.05) is 20.8 Å². The highest BCUT2D eigenvalue weighted by Crippen LogP contribution is 2.25. The molecule has 0 aromatic carbocycles. The maximum Gasteiger partial charge on any atom is 0.154 e. The Morgan fingerprint density at radius 3 is 2.58 bits per heavy atom. The fourth-order valence-electron chi connectivity index (χ4n) is 1.48. The number of rotatable bonds is 3. The molecule has 4 atom stereocenters. The highest BCUT2D eigenvalue weighted by molar-refractivity contribution is 4.89. The van der Waals surface area contributed by atoms with Gasteiger partial charge in [-0.3, -0.25) is 0 Å². The molecule has 1 heterocycles. The number of ether oxygens (including phenoxy) is 3. The highest BCUT2D eigenvalue weighted by Gasteiger charge is 2.42. The summed E-state index contributed by atoms with van der Waals surface area (Å²) in [6.45, 7) is 2.08. The minimum atomic E-state index is -1.05. The zero-order valence-corrected chi connectivity index (χ0v) is 7.62. The number of alkyl halides is 1. The number of halogens is 1. The van der Waals surface area contributed by atoms with Crippen molar-refractivity contribution >= 4 is 0 Å². The van der Waals surface area contributed by atoms with Crippen LogP contribution in [0.1, 0.15) is 6.92 Å². The Morgan fingerprint density at radius 1 is 1.42 bits per heavy atom. The quantitative estimate of drug-likeness (QED) is 0.639. The molecule has 0 aromatic rings. The molecule has 0 N–H and O–H groups in total. The van der Waals surface area contributed by atoms with E-state index in [1.165, 1.54) is 7.11 Å². The molecule has 1 aliphatic heterocycles. The van der Waals surface area contributed by atoms with Crippen molar-refractivity contribution in [3.63, 3.8) is 0 Å². The Labute approximate surface area is 71.8 Å². The molecule has 0 saturated carbocycles. The van der Waals surface area contributed by atoms with Gasteiger partial charge in [-0.25, -0.2) is 4.39 Å². The summed E-state index contributed by atoms with van der Waals surface area (Å²) in [5.41, 5.74) is 0. The molecule has 0 bridgehead atoms. The summed E-state index contributed by atoms with van der Waals surface area (Å²) in [6, 6.07) is 0. The molecule has 0 amide bonds. The van der Waals surface area contributed by atoms with Gasteiger partial charge in [-0.05, 0) is 6.92 Å². The molecule has 3 nitrogen and oxygen atoms in total. The Balaban J connectivity index is 2.52.